The molecule has 2 aromatic rings. The number of nitrogens with zero attached hydrogens (tertiary/aromatic N) is 1. The van der Waals surface area contributed by atoms with E-state index in [1.54, 1.807) is 13.0 Å². The first kappa shape index (κ1) is 13.0. The summed E-state index contributed by atoms with van der Waals surface area (Å²) in [6, 6.07) is 4.13. The summed E-state index contributed by atoms with van der Waals surface area (Å²) in [6.45, 7) is 3.59. The van der Waals surface area contributed by atoms with Gasteiger partial charge in [-0.3, -0.25) is 4.79 Å². The van der Waals surface area contributed by atoms with Crippen LogP contribution in [0.25, 0.3) is 0 Å². The van der Waals surface area contributed by atoms with Gasteiger partial charge in [0.15, 0.2) is 0 Å². The number of benzene rings is 1. The molecule has 1 aromatic heterocycles. The van der Waals surface area contributed by atoms with Gasteiger partial charge < -0.3 is 5.32 Å². The van der Waals surface area contributed by atoms with Gasteiger partial charge in [-0.15, -0.1) is 11.3 Å². The molecule has 0 unspecified atom stereocenters. The quantitative estimate of drug-likeness (QED) is 0.911. The number of carbonyl (C=O) groups is 1. The lowest BCUT2D eigenvalue weighted by molar-refractivity contribution is 0.103. The highest BCUT2D eigenvalue weighted by Crippen LogP contribution is 2.21. The van der Waals surface area contributed by atoms with Crippen LogP contribution in [-0.2, 0) is 0 Å². The van der Waals surface area contributed by atoms with Gasteiger partial charge in [0, 0.05) is 5.69 Å². The van der Waals surface area contributed by atoms with Crippen molar-refractivity contribution in [2.45, 2.75) is 13.8 Å². The molecule has 6 heteroatoms. The lowest BCUT2D eigenvalue weighted by Crippen LogP contribution is -2.11. The Balaban J connectivity index is 2.21. The fourth-order valence-corrected chi connectivity index (χ4v) is 2.44. The minimum Gasteiger partial charge on any atom is -0.321 e. The summed E-state index contributed by atoms with van der Waals surface area (Å²) in [7, 11) is 0. The predicted molar refractivity (Wildman–Crippen MR) is 71.0 cm³/mol. The fraction of sp³-hybridized carbons (Fsp3) is 0.167. The van der Waals surface area contributed by atoms with Crippen molar-refractivity contribution < 1.29 is 9.18 Å². The molecule has 0 spiro atoms. The Morgan fingerprint density at radius 3 is 2.72 bits per heavy atom. The number of carbonyl (C=O) groups excluding carboxylic acids is 1. The molecule has 0 aliphatic carbocycles. The number of hydrogen-bond acceptors (Lipinski definition) is 3. The monoisotopic (exact) mass is 284 g/mol. The second-order valence-corrected chi connectivity index (χ2v) is 5.34. The van der Waals surface area contributed by atoms with Crippen molar-refractivity contribution in [3.63, 3.8) is 0 Å². The first-order valence-electron chi connectivity index (χ1n) is 5.18. The number of amides is 1. The summed E-state index contributed by atoms with van der Waals surface area (Å²) in [5.41, 5.74) is 1.04. The molecule has 0 atom stereocenters. The normalized spacial score (nSPS) is 10.4. The highest BCUT2D eigenvalue weighted by atomic mass is 35.5. The maximum Gasteiger partial charge on any atom is 0.267 e. The number of aromatic nitrogens is 1. The Morgan fingerprint density at radius 1 is 1.44 bits per heavy atom. The van der Waals surface area contributed by atoms with E-state index in [0.29, 0.717) is 16.3 Å². The van der Waals surface area contributed by atoms with Crippen LogP contribution in [-0.4, -0.2) is 10.9 Å². The van der Waals surface area contributed by atoms with Crippen molar-refractivity contribution in [2.24, 2.45) is 0 Å². The third-order valence-electron chi connectivity index (χ3n) is 2.29. The number of rotatable bonds is 2. The minimum atomic E-state index is -0.563. The van der Waals surface area contributed by atoms with Gasteiger partial charge in [-0.2, -0.15) is 0 Å². The first-order valence-corrected chi connectivity index (χ1v) is 6.37. The van der Waals surface area contributed by atoms with E-state index in [0.717, 1.165) is 5.01 Å². The van der Waals surface area contributed by atoms with Crippen molar-refractivity contribution in [1.82, 2.24) is 4.98 Å². The van der Waals surface area contributed by atoms with Gasteiger partial charge in [0.1, 0.15) is 10.7 Å². The zero-order valence-corrected chi connectivity index (χ0v) is 11.3. The molecule has 0 fully saturated rings. The average Bonchev–Trinajstić information content (AvgIpc) is 2.63. The summed E-state index contributed by atoms with van der Waals surface area (Å²) in [6.07, 6.45) is 0. The highest BCUT2D eigenvalue weighted by Gasteiger charge is 2.14. The van der Waals surface area contributed by atoms with Crippen molar-refractivity contribution in [2.75, 3.05) is 5.32 Å². The fourth-order valence-electron chi connectivity index (χ4n) is 1.50. The standard InChI is InChI=1S/C12H10ClFN2OS/c1-6-11(18-7(2)15-6)12(17)16-8-3-4-9(13)10(14)5-8/h3-5H,1-2H3,(H,16,17). The highest BCUT2D eigenvalue weighted by molar-refractivity contribution is 7.13. The molecule has 3 nitrogen and oxygen atoms in total. The lowest BCUT2D eigenvalue weighted by Gasteiger charge is -2.04. The molecule has 0 radical (unpaired) electrons. The van der Waals surface area contributed by atoms with Gasteiger partial charge in [0.25, 0.3) is 5.91 Å². The van der Waals surface area contributed by atoms with Crippen LogP contribution >= 0.6 is 22.9 Å². The number of halogens is 2. The molecule has 2 rings (SSSR count). The molecular formula is C12H10ClFN2OS. The molecule has 1 aromatic carbocycles. The SMILES string of the molecule is Cc1nc(C)c(C(=O)Nc2ccc(Cl)c(F)c2)s1. The summed E-state index contributed by atoms with van der Waals surface area (Å²) in [5, 5.41) is 3.46. The smallest absolute Gasteiger partial charge is 0.267 e. The lowest BCUT2D eigenvalue weighted by atomic mass is 10.3. The largest absolute Gasteiger partial charge is 0.321 e. The molecular weight excluding hydrogens is 275 g/mol. The van der Waals surface area contributed by atoms with E-state index in [1.165, 1.54) is 23.5 Å². The Bertz CT molecular complexity index is 612. The topological polar surface area (TPSA) is 42.0 Å². The Morgan fingerprint density at radius 2 is 2.17 bits per heavy atom. The molecule has 18 heavy (non-hydrogen) atoms. The zero-order valence-electron chi connectivity index (χ0n) is 9.75. The maximum absolute atomic E-state index is 13.2. The number of thiazole rings is 1. The molecule has 0 aliphatic rings. The molecule has 1 amide bonds. The van der Waals surface area contributed by atoms with E-state index in [4.69, 9.17) is 11.6 Å². The Kier molecular flexibility index (Phi) is 3.63. The summed E-state index contributed by atoms with van der Waals surface area (Å²) in [5.74, 6) is -0.855. The van der Waals surface area contributed by atoms with Crippen LogP contribution in [0.2, 0.25) is 5.02 Å². The van der Waals surface area contributed by atoms with Gasteiger partial charge in [-0.25, -0.2) is 9.37 Å². The van der Waals surface area contributed by atoms with Crippen molar-refractivity contribution in [3.8, 4) is 0 Å². The van der Waals surface area contributed by atoms with E-state index in [2.05, 4.69) is 10.3 Å². The number of nitrogens with one attached hydrogen (secondary N) is 1. The van der Waals surface area contributed by atoms with Gasteiger partial charge in [-0.05, 0) is 32.0 Å². The van der Waals surface area contributed by atoms with Crippen LogP contribution in [0.4, 0.5) is 10.1 Å². The summed E-state index contributed by atoms with van der Waals surface area (Å²) >= 11 is 6.87. The van der Waals surface area contributed by atoms with Gasteiger partial charge in [0.2, 0.25) is 0 Å². The van der Waals surface area contributed by atoms with Gasteiger partial charge >= 0.3 is 0 Å². The summed E-state index contributed by atoms with van der Waals surface area (Å²) < 4.78 is 13.2. The molecule has 94 valence electrons. The summed E-state index contributed by atoms with van der Waals surface area (Å²) in [4.78, 5) is 16.6. The van der Waals surface area contributed by atoms with E-state index in [9.17, 15) is 9.18 Å². The van der Waals surface area contributed by atoms with Gasteiger partial charge in [0.05, 0.1) is 15.7 Å². The van der Waals surface area contributed by atoms with Crippen LogP contribution in [0.3, 0.4) is 0 Å². The first-order chi connectivity index (χ1) is 8.47. The van der Waals surface area contributed by atoms with Crippen LogP contribution in [0.15, 0.2) is 18.2 Å². The average molecular weight is 285 g/mol. The Labute approximate surface area is 113 Å². The van der Waals surface area contributed by atoms with Crippen molar-refractivity contribution in [1.29, 1.82) is 0 Å². The maximum atomic E-state index is 13.2. The van der Waals surface area contributed by atoms with Crippen LogP contribution in [0.1, 0.15) is 20.4 Å². The predicted octanol–water partition coefficient (Wildman–Crippen LogP) is 3.80. The van der Waals surface area contributed by atoms with Crippen molar-refractivity contribution in [3.05, 3.63) is 44.6 Å². The van der Waals surface area contributed by atoms with Crippen LogP contribution < -0.4 is 5.32 Å². The van der Waals surface area contributed by atoms with Crippen LogP contribution in [0.5, 0.6) is 0 Å². The van der Waals surface area contributed by atoms with E-state index < -0.39 is 5.82 Å². The molecule has 1 N–H and O–H groups in total. The van der Waals surface area contributed by atoms with E-state index in [-0.39, 0.29) is 10.9 Å². The molecule has 0 saturated heterocycles. The van der Waals surface area contributed by atoms with Crippen LogP contribution in [0, 0.1) is 19.7 Å². The molecule has 1 heterocycles. The molecule has 0 bridgehead atoms. The second-order valence-electron chi connectivity index (χ2n) is 3.73. The van der Waals surface area contributed by atoms with Gasteiger partial charge in [-0.1, -0.05) is 11.6 Å². The third-order valence-corrected chi connectivity index (χ3v) is 3.67. The Hall–Kier alpha value is -1.46. The third kappa shape index (κ3) is 2.68. The zero-order chi connectivity index (χ0) is 13.3. The van der Waals surface area contributed by atoms with Crippen molar-refractivity contribution >= 4 is 34.5 Å². The number of anilines is 1. The number of aryl methyl sites for hydroxylation is 2. The van der Waals surface area contributed by atoms with E-state index >= 15 is 0 Å². The second kappa shape index (κ2) is 5.04. The molecule has 0 aliphatic heterocycles. The molecule has 0 saturated carbocycles. The number of hydrogen-bond donors (Lipinski definition) is 1. The van der Waals surface area contributed by atoms with E-state index in [1.807, 2.05) is 6.92 Å². The minimum absolute atomic E-state index is 0.0258.